The molecule has 1 aromatic heterocycles. The van der Waals surface area contributed by atoms with Gasteiger partial charge in [-0.05, 0) is 24.6 Å². The van der Waals surface area contributed by atoms with Crippen LogP contribution >= 0.6 is 0 Å². The Morgan fingerprint density at radius 1 is 1.17 bits per heavy atom. The minimum absolute atomic E-state index is 0.201. The molecule has 1 aromatic carbocycles. The van der Waals surface area contributed by atoms with Crippen molar-refractivity contribution in [1.82, 2.24) is 10.5 Å². The van der Waals surface area contributed by atoms with Crippen LogP contribution in [0.15, 0.2) is 28.8 Å². The second-order valence-corrected chi connectivity index (χ2v) is 5.01. The maximum Gasteiger partial charge on any atom is 0.235 e. The summed E-state index contributed by atoms with van der Waals surface area (Å²) in [5, 5.41) is 8.78. The molecule has 0 spiro atoms. The van der Waals surface area contributed by atoms with Crippen molar-refractivity contribution in [1.29, 1.82) is 0 Å². The van der Waals surface area contributed by atoms with E-state index < -0.39 is 5.91 Å². The Bertz CT molecular complexity index is 740. The van der Waals surface area contributed by atoms with Gasteiger partial charge in [0.2, 0.25) is 18.6 Å². The minimum Gasteiger partial charge on any atom is -0.454 e. The van der Waals surface area contributed by atoms with E-state index >= 15 is 0 Å². The molecule has 1 aliphatic rings. The fourth-order valence-electron chi connectivity index (χ4n) is 2.07. The Labute approximate surface area is 131 Å². The molecule has 8 nitrogen and oxygen atoms in total. The number of nitrogens with one attached hydrogen (secondary N) is 2. The van der Waals surface area contributed by atoms with Gasteiger partial charge < -0.3 is 24.6 Å². The van der Waals surface area contributed by atoms with E-state index in [1.54, 1.807) is 25.1 Å². The first-order chi connectivity index (χ1) is 11.1. The van der Waals surface area contributed by atoms with Gasteiger partial charge in [-0.25, -0.2) is 0 Å². The number of rotatable bonds is 5. The Morgan fingerprint density at radius 3 is 2.78 bits per heavy atom. The molecule has 0 aliphatic carbocycles. The van der Waals surface area contributed by atoms with Gasteiger partial charge in [0.05, 0.1) is 0 Å². The first-order valence-electron chi connectivity index (χ1n) is 6.98. The lowest BCUT2D eigenvalue weighted by atomic mass is 10.2. The molecule has 0 bridgehead atoms. The molecule has 2 heterocycles. The fraction of sp³-hybridized carbons (Fsp3) is 0.267. The monoisotopic (exact) mass is 317 g/mol. The van der Waals surface area contributed by atoms with Crippen molar-refractivity contribution < 1.29 is 23.6 Å². The van der Waals surface area contributed by atoms with Crippen LogP contribution in [0, 0.1) is 6.92 Å². The molecule has 0 saturated carbocycles. The van der Waals surface area contributed by atoms with Gasteiger partial charge in [-0.3, -0.25) is 9.59 Å². The zero-order valence-corrected chi connectivity index (χ0v) is 12.4. The van der Waals surface area contributed by atoms with E-state index in [1.165, 1.54) is 0 Å². The Morgan fingerprint density at radius 2 is 2.00 bits per heavy atom. The Hall–Kier alpha value is -3.03. The van der Waals surface area contributed by atoms with Gasteiger partial charge in [0.15, 0.2) is 17.3 Å². The van der Waals surface area contributed by atoms with Crippen molar-refractivity contribution in [2.24, 2.45) is 0 Å². The van der Waals surface area contributed by atoms with Crippen molar-refractivity contribution in [3.05, 3.63) is 35.6 Å². The molecule has 3 rings (SSSR count). The molecule has 1 aliphatic heterocycles. The van der Waals surface area contributed by atoms with Crippen molar-refractivity contribution in [2.75, 3.05) is 12.1 Å². The zero-order valence-electron chi connectivity index (χ0n) is 12.4. The van der Waals surface area contributed by atoms with E-state index in [1.807, 2.05) is 6.07 Å². The van der Waals surface area contributed by atoms with Crippen LogP contribution in [-0.2, 0) is 16.1 Å². The van der Waals surface area contributed by atoms with Crippen LogP contribution in [0.4, 0.5) is 5.82 Å². The lowest BCUT2D eigenvalue weighted by molar-refractivity contribution is -0.126. The van der Waals surface area contributed by atoms with Gasteiger partial charge in [-0.15, -0.1) is 0 Å². The average molecular weight is 317 g/mol. The van der Waals surface area contributed by atoms with Crippen LogP contribution in [0.3, 0.4) is 0 Å². The quantitative estimate of drug-likeness (QED) is 0.807. The lowest BCUT2D eigenvalue weighted by Gasteiger charge is -2.06. The molecule has 2 amide bonds. The van der Waals surface area contributed by atoms with E-state index in [-0.39, 0.29) is 24.9 Å². The number of aryl methyl sites for hydroxylation is 1. The molecular weight excluding hydrogens is 302 g/mol. The maximum absolute atomic E-state index is 11.8. The fourth-order valence-corrected chi connectivity index (χ4v) is 2.07. The van der Waals surface area contributed by atoms with Crippen molar-refractivity contribution in [3.63, 3.8) is 0 Å². The third-order valence-electron chi connectivity index (χ3n) is 3.14. The van der Waals surface area contributed by atoms with E-state index in [0.717, 1.165) is 5.56 Å². The van der Waals surface area contributed by atoms with Gasteiger partial charge in [0, 0.05) is 12.6 Å². The Balaban J connectivity index is 1.46. The summed E-state index contributed by atoms with van der Waals surface area (Å²) in [5.74, 6) is 1.35. The molecule has 0 fully saturated rings. The number of hydrogen-bond acceptors (Lipinski definition) is 6. The summed E-state index contributed by atoms with van der Waals surface area (Å²) in [7, 11) is 0. The molecule has 2 N–H and O–H groups in total. The van der Waals surface area contributed by atoms with Crippen LogP contribution < -0.4 is 20.1 Å². The number of benzene rings is 1. The SMILES string of the molecule is Cc1cc(NC(=O)CC(=O)NCc2ccc3c(c2)OCO3)no1. The summed E-state index contributed by atoms with van der Waals surface area (Å²) < 4.78 is 15.3. The van der Waals surface area contributed by atoms with Crippen molar-refractivity contribution in [3.8, 4) is 11.5 Å². The smallest absolute Gasteiger partial charge is 0.235 e. The summed E-state index contributed by atoms with van der Waals surface area (Å²) >= 11 is 0. The third kappa shape index (κ3) is 3.79. The number of nitrogens with zero attached hydrogens (tertiary/aromatic N) is 1. The molecular formula is C15H15N3O5. The molecule has 120 valence electrons. The molecule has 0 saturated heterocycles. The lowest BCUT2D eigenvalue weighted by Crippen LogP contribution is -2.27. The minimum atomic E-state index is -0.457. The van der Waals surface area contributed by atoms with Crippen LogP contribution in [0.1, 0.15) is 17.7 Å². The maximum atomic E-state index is 11.8. The number of ether oxygens (including phenoxy) is 2. The van der Waals surface area contributed by atoms with Crippen LogP contribution in [0.2, 0.25) is 0 Å². The van der Waals surface area contributed by atoms with Gasteiger partial charge in [-0.1, -0.05) is 11.2 Å². The first kappa shape index (κ1) is 14.9. The second-order valence-electron chi connectivity index (χ2n) is 5.01. The zero-order chi connectivity index (χ0) is 16.2. The normalized spacial score (nSPS) is 12.0. The second kappa shape index (κ2) is 6.39. The van der Waals surface area contributed by atoms with Crippen molar-refractivity contribution in [2.45, 2.75) is 19.9 Å². The molecule has 2 aromatic rings. The highest BCUT2D eigenvalue weighted by atomic mass is 16.7. The summed E-state index contributed by atoms with van der Waals surface area (Å²) in [6.45, 7) is 2.21. The van der Waals surface area contributed by atoms with E-state index in [9.17, 15) is 9.59 Å². The van der Waals surface area contributed by atoms with Crippen LogP contribution in [0.25, 0.3) is 0 Å². The standard InChI is InChI=1S/C15H15N3O5/c1-9-4-13(18-23-9)17-15(20)6-14(19)16-7-10-2-3-11-12(5-10)22-8-21-11/h2-5H,6-8H2,1H3,(H,16,19)(H,17,18,20). The number of amides is 2. The molecule has 8 heteroatoms. The summed E-state index contributed by atoms with van der Waals surface area (Å²) in [5.41, 5.74) is 0.857. The van der Waals surface area contributed by atoms with Gasteiger partial charge in [0.25, 0.3) is 0 Å². The molecule has 0 atom stereocenters. The first-order valence-corrected chi connectivity index (χ1v) is 6.98. The van der Waals surface area contributed by atoms with Crippen LogP contribution in [-0.4, -0.2) is 23.8 Å². The van der Waals surface area contributed by atoms with E-state index in [0.29, 0.717) is 23.8 Å². The summed E-state index contributed by atoms with van der Waals surface area (Å²) in [6, 6.07) is 6.97. The summed E-state index contributed by atoms with van der Waals surface area (Å²) in [4.78, 5) is 23.5. The number of aromatic nitrogens is 1. The Kier molecular flexibility index (Phi) is 4.13. The number of anilines is 1. The number of carbonyl (C=O) groups excluding carboxylic acids is 2. The third-order valence-corrected chi connectivity index (χ3v) is 3.14. The topological polar surface area (TPSA) is 103 Å². The van der Waals surface area contributed by atoms with E-state index in [2.05, 4.69) is 15.8 Å². The average Bonchev–Trinajstić information content (AvgIpc) is 3.13. The van der Waals surface area contributed by atoms with Crippen molar-refractivity contribution >= 4 is 17.6 Å². The van der Waals surface area contributed by atoms with Gasteiger partial charge in [0.1, 0.15) is 12.2 Å². The largest absolute Gasteiger partial charge is 0.454 e. The highest BCUT2D eigenvalue weighted by Gasteiger charge is 2.14. The van der Waals surface area contributed by atoms with Gasteiger partial charge in [-0.2, -0.15) is 0 Å². The predicted octanol–water partition coefficient (Wildman–Crippen LogP) is 1.36. The molecule has 0 radical (unpaired) electrons. The number of hydrogen-bond donors (Lipinski definition) is 2. The van der Waals surface area contributed by atoms with Crippen LogP contribution in [0.5, 0.6) is 11.5 Å². The van der Waals surface area contributed by atoms with Gasteiger partial charge >= 0.3 is 0 Å². The number of carbonyl (C=O) groups is 2. The molecule has 23 heavy (non-hydrogen) atoms. The summed E-state index contributed by atoms with van der Waals surface area (Å²) in [6.07, 6.45) is -0.295. The highest BCUT2D eigenvalue weighted by molar-refractivity contribution is 6.03. The molecule has 0 unspecified atom stereocenters. The highest BCUT2D eigenvalue weighted by Crippen LogP contribution is 2.32. The van der Waals surface area contributed by atoms with E-state index in [4.69, 9.17) is 14.0 Å². The number of fused-ring (bicyclic) bond motifs is 1. The predicted molar refractivity (Wildman–Crippen MR) is 78.9 cm³/mol.